The molecular formula is C8H10Cl6. The molecular weight excluding hydrogens is 309 g/mol. The Morgan fingerprint density at radius 3 is 2.21 bits per heavy atom. The van der Waals surface area contributed by atoms with E-state index in [0.717, 1.165) is 0 Å². The van der Waals surface area contributed by atoms with E-state index in [0.29, 0.717) is 19.3 Å². The average molecular weight is 319 g/mol. The number of hydrogen-bond acceptors (Lipinski definition) is 0. The van der Waals surface area contributed by atoms with Crippen LogP contribution < -0.4 is 0 Å². The second-order valence-electron chi connectivity index (χ2n) is 3.58. The van der Waals surface area contributed by atoms with E-state index in [2.05, 4.69) is 0 Å². The lowest BCUT2D eigenvalue weighted by Gasteiger charge is -2.42. The zero-order valence-electron chi connectivity index (χ0n) is 7.25. The molecule has 1 aliphatic carbocycles. The van der Waals surface area contributed by atoms with Crippen molar-refractivity contribution in [2.75, 3.05) is 5.88 Å². The molecule has 0 spiro atoms. The van der Waals surface area contributed by atoms with Crippen LogP contribution in [0, 0.1) is 0 Å². The second-order valence-corrected chi connectivity index (χ2v) is 7.17. The minimum absolute atomic E-state index is 0.0667. The van der Waals surface area contributed by atoms with E-state index in [-0.39, 0.29) is 16.6 Å². The number of hydrogen-bond donors (Lipinski definition) is 0. The lowest BCUT2D eigenvalue weighted by molar-refractivity contribution is 0.377. The highest BCUT2D eigenvalue weighted by atomic mass is 35.5. The molecule has 0 heterocycles. The topological polar surface area (TPSA) is 0 Å². The molecule has 3 unspecified atom stereocenters. The summed E-state index contributed by atoms with van der Waals surface area (Å²) in [5.74, 6) is 0.0795. The number of rotatable bonds is 2. The minimum Gasteiger partial charge on any atom is -0.123 e. The lowest BCUT2D eigenvalue weighted by Crippen LogP contribution is -2.49. The Morgan fingerprint density at radius 2 is 1.79 bits per heavy atom. The highest BCUT2D eigenvalue weighted by Gasteiger charge is 2.51. The van der Waals surface area contributed by atoms with Crippen molar-refractivity contribution in [1.82, 2.24) is 0 Å². The lowest BCUT2D eigenvalue weighted by atomic mass is 9.85. The molecule has 1 rings (SSSR count). The summed E-state index contributed by atoms with van der Waals surface area (Å²) in [6, 6.07) is 0. The summed E-state index contributed by atoms with van der Waals surface area (Å²) in [5.41, 5.74) is 0. The highest BCUT2D eigenvalue weighted by Crippen LogP contribution is 2.50. The van der Waals surface area contributed by atoms with Gasteiger partial charge in [0.2, 0.25) is 0 Å². The molecule has 0 radical (unpaired) electrons. The van der Waals surface area contributed by atoms with Crippen LogP contribution in [0.5, 0.6) is 0 Å². The van der Waals surface area contributed by atoms with Gasteiger partial charge in [0.25, 0.3) is 0 Å². The third-order valence-corrected chi connectivity index (χ3v) is 6.19. The average Bonchev–Trinajstić information content (AvgIpc) is 2.12. The molecule has 0 aromatic rings. The van der Waals surface area contributed by atoms with Crippen LogP contribution in [0.15, 0.2) is 0 Å². The summed E-state index contributed by atoms with van der Waals surface area (Å²) in [6.07, 6.45) is 1.81. The van der Waals surface area contributed by atoms with Crippen molar-refractivity contribution in [2.45, 2.75) is 39.2 Å². The quantitative estimate of drug-likeness (QED) is 0.643. The summed E-state index contributed by atoms with van der Waals surface area (Å²) in [6.45, 7) is 0. The Hall–Kier alpha value is 1.74. The van der Waals surface area contributed by atoms with Crippen molar-refractivity contribution in [3.63, 3.8) is 0 Å². The van der Waals surface area contributed by atoms with Crippen LogP contribution in [0.2, 0.25) is 0 Å². The SMILES string of the molecule is ClCC(Cl)(Cl)C1(Cl)CCC(Cl)C(Cl)C1. The van der Waals surface area contributed by atoms with Gasteiger partial charge < -0.3 is 0 Å². The van der Waals surface area contributed by atoms with Crippen molar-refractivity contribution in [2.24, 2.45) is 0 Å². The van der Waals surface area contributed by atoms with E-state index in [9.17, 15) is 0 Å². The second kappa shape index (κ2) is 4.94. The van der Waals surface area contributed by atoms with Gasteiger partial charge in [0.15, 0.2) is 4.33 Å². The molecule has 14 heavy (non-hydrogen) atoms. The molecule has 1 saturated carbocycles. The summed E-state index contributed by atoms with van der Waals surface area (Å²) < 4.78 is -1.15. The summed E-state index contributed by atoms with van der Waals surface area (Å²) in [7, 11) is 0. The van der Waals surface area contributed by atoms with Crippen LogP contribution in [0.4, 0.5) is 0 Å². The Kier molecular flexibility index (Phi) is 4.87. The van der Waals surface area contributed by atoms with Crippen molar-refractivity contribution in [3.05, 3.63) is 0 Å². The molecule has 0 aliphatic heterocycles. The third kappa shape index (κ3) is 2.70. The maximum absolute atomic E-state index is 6.34. The fraction of sp³-hybridized carbons (Fsp3) is 1.00. The molecule has 0 bridgehead atoms. The molecule has 0 aromatic heterocycles. The van der Waals surface area contributed by atoms with E-state index in [1.54, 1.807) is 0 Å². The van der Waals surface area contributed by atoms with Gasteiger partial charge in [-0.05, 0) is 19.3 Å². The van der Waals surface area contributed by atoms with E-state index < -0.39 is 9.21 Å². The van der Waals surface area contributed by atoms with E-state index in [1.165, 1.54) is 0 Å². The van der Waals surface area contributed by atoms with Crippen LogP contribution in [0.25, 0.3) is 0 Å². The van der Waals surface area contributed by atoms with Crippen molar-refractivity contribution in [1.29, 1.82) is 0 Å². The number of halogens is 6. The summed E-state index contributed by atoms with van der Waals surface area (Å²) in [4.78, 5) is -0.768. The molecule has 0 aromatic carbocycles. The van der Waals surface area contributed by atoms with Crippen molar-refractivity contribution >= 4 is 69.6 Å². The Morgan fingerprint density at radius 1 is 1.21 bits per heavy atom. The van der Waals surface area contributed by atoms with Gasteiger partial charge in [0.05, 0.1) is 21.5 Å². The normalized spacial score (nSPS) is 39.9. The maximum atomic E-state index is 6.34. The van der Waals surface area contributed by atoms with Crippen molar-refractivity contribution < 1.29 is 0 Å². The molecule has 0 N–H and O–H groups in total. The number of alkyl halides is 6. The fourth-order valence-electron chi connectivity index (χ4n) is 1.54. The van der Waals surface area contributed by atoms with Gasteiger partial charge in [0, 0.05) is 0 Å². The van der Waals surface area contributed by atoms with Crippen LogP contribution in [0.3, 0.4) is 0 Å². The van der Waals surface area contributed by atoms with Gasteiger partial charge in [-0.2, -0.15) is 0 Å². The van der Waals surface area contributed by atoms with Gasteiger partial charge in [0.1, 0.15) is 0 Å². The highest BCUT2D eigenvalue weighted by molar-refractivity contribution is 6.56. The zero-order valence-corrected chi connectivity index (χ0v) is 11.8. The molecule has 1 aliphatic rings. The predicted octanol–water partition coefficient (Wildman–Crippen LogP) is 4.78. The summed E-state index contributed by atoms with van der Waals surface area (Å²) >= 11 is 36.1. The first-order chi connectivity index (χ1) is 6.32. The van der Waals surface area contributed by atoms with Gasteiger partial charge in [-0.3, -0.25) is 0 Å². The van der Waals surface area contributed by atoms with Crippen LogP contribution in [-0.2, 0) is 0 Å². The monoisotopic (exact) mass is 316 g/mol. The maximum Gasteiger partial charge on any atom is 0.150 e. The Balaban J connectivity index is 2.76. The van der Waals surface area contributed by atoms with Crippen LogP contribution in [-0.4, -0.2) is 25.8 Å². The van der Waals surface area contributed by atoms with E-state index in [4.69, 9.17) is 69.6 Å². The first-order valence-corrected chi connectivity index (χ1v) is 6.77. The van der Waals surface area contributed by atoms with Crippen molar-refractivity contribution in [3.8, 4) is 0 Å². The van der Waals surface area contributed by atoms with Gasteiger partial charge in [-0.15, -0.1) is 46.4 Å². The molecule has 1 fully saturated rings. The predicted molar refractivity (Wildman–Crippen MR) is 66.9 cm³/mol. The van der Waals surface area contributed by atoms with Crippen LogP contribution in [0.1, 0.15) is 19.3 Å². The van der Waals surface area contributed by atoms with E-state index >= 15 is 0 Å². The molecule has 84 valence electrons. The Bertz CT molecular complexity index is 206. The van der Waals surface area contributed by atoms with E-state index in [1.807, 2.05) is 0 Å². The first-order valence-electron chi connectivity index (χ1n) is 4.23. The van der Waals surface area contributed by atoms with Gasteiger partial charge in [-0.25, -0.2) is 0 Å². The molecule has 0 saturated heterocycles. The fourth-order valence-corrected chi connectivity index (χ4v) is 3.21. The molecule has 3 atom stereocenters. The zero-order chi connectivity index (χ0) is 11.0. The third-order valence-electron chi connectivity index (χ3n) is 2.55. The molecule has 0 amide bonds. The van der Waals surface area contributed by atoms with Crippen LogP contribution >= 0.6 is 69.6 Å². The van der Waals surface area contributed by atoms with Gasteiger partial charge >= 0.3 is 0 Å². The summed E-state index contributed by atoms with van der Waals surface area (Å²) in [5, 5.41) is -0.272. The molecule has 6 heteroatoms. The van der Waals surface area contributed by atoms with Gasteiger partial charge in [-0.1, -0.05) is 23.2 Å². The molecule has 0 nitrogen and oxygen atoms in total. The standard InChI is InChI=1S/C8H10Cl6/c9-4-8(13,14)7(12)2-1-5(10)6(11)3-7/h5-6H,1-4H2. The Labute approximate surface area is 114 Å². The smallest absolute Gasteiger partial charge is 0.123 e. The minimum atomic E-state index is -1.15. The first kappa shape index (κ1) is 13.8. The largest absolute Gasteiger partial charge is 0.150 e.